The smallest absolute Gasteiger partial charge is 0.316 e. The van der Waals surface area contributed by atoms with Gasteiger partial charge in [0.05, 0.1) is 11.1 Å². The number of halogens is 7. The normalized spacial score (nSPS) is 20.3. The molecule has 2 aromatic carbocycles. The van der Waals surface area contributed by atoms with Crippen LogP contribution in [0.5, 0.6) is 0 Å². The SMILES string of the molecule is CN(Cc1cc(C(F)(F)F)cc(C(F)(F)F)c1)CC1CNCCC1c1ccc(F)cc1. The third-order valence-electron chi connectivity index (χ3n) is 5.55. The number of hydrogen-bond acceptors (Lipinski definition) is 2. The summed E-state index contributed by atoms with van der Waals surface area (Å²) >= 11 is 0. The van der Waals surface area contributed by atoms with E-state index in [-0.39, 0.29) is 35.8 Å². The standard InChI is InChI=1S/C22H23F7N2/c1-31(12-14-8-17(21(24,25)26)10-18(9-14)22(27,28)29)13-16-11-30-7-6-20(16)15-2-4-19(23)5-3-15/h2-5,8-10,16,20,30H,6-7,11-13H2,1H3. The average molecular weight is 448 g/mol. The van der Waals surface area contributed by atoms with E-state index in [1.165, 1.54) is 12.1 Å². The highest BCUT2D eigenvalue weighted by atomic mass is 19.4. The first-order valence-electron chi connectivity index (χ1n) is 9.86. The van der Waals surface area contributed by atoms with Gasteiger partial charge in [0.2, 0.25) is 0 Å². The van der Waals surface area contributed by atoms with Crippen molar-refractivity contribution >= 4 is 0 Å². The lowest BCUT2D eigenvalue weighted by Gasteiger charge is -2.35. The zero-order valence-electron chi connectivity index (χ0n) is 16.8. The van der Waals surface area contributed by atoms with E-state index in [2.05, 4.69) is 5.32 Å². The number of rotatable bonds is 5. The van der Waals surface area contributed by atoms with Crippen LogP contribution in [0.4, 0.5) is 30.7 Å². The summed E-state index contributed by atoms with van der Waals surface area (Å²) in [4.78, 5) is 1.73. The predicted octanol–water partition coefficient (Wildman–Crippen LogP) is 5.69. The molecular weight excluding hydrogens is 425 g/mol. The van der Waals surface area contributed by atoms with Gasteiger partial charge in [0.1, 0.15) is 5.82 Å². The van der Waals surface area contributed by atoms with Crippen LogP contribution in [0, 0.1) is 11.7 Å². The van der Waals surface area contributed by atoms with Crippen molar-refractivity contribution in [3.8, 4) is 0 Å². The molecule has 1 aliphatic rings. The van der Waals surface area contributed by atoms with Crippen LogP contribution in [0.2, 0.25) is 0 Å². The number of hydrogen-bond donors (Lipinski definition) is 1. The van der Waals surface area contributed by atoms with E-state index in [1.807, 2.05) is 0 Å². The highest BCUT2D eigenvalue weighted by Gasteiger charge is 2.37. The molecule has 2 nitrogen and oxygen atoms in total. The molecule has 9 heteroatoms. The lowest BCUT2D eigenvalue weighted by Crippen LogP contribution is -2.41. The Morgan fingerprint density at radius 1 is 0.935 bits per heavy atom. The van der Waals surface area contributed by atoms with Crippen LogP contribution in [-0.4, -0.2) is 31.6 Å². The minimum Gasteiger partial charge on any atom is -0.316 e. The molecule has 0 aromatic heterocycles. The maximum absolute atomic E-state index is 13.3. The molecule has 0 amide bonds. The fourth-order valence-electron chi connectivity index (χ4n) is 4.15. The van der Waals surface area contributed by atoms with E-state index in [4.69, 9.17) is 0 Å². The molecule has 0 radical (unpaired) electrons. The molecule has 0 saturated carbocycles. The highest BCUT2D eigenvalue weighted by molar-refractivity contribution is 5.33. The number of benzene rings is 2. The molecule has 31 heavy (non-hydrogen) atoms. The fourth-order valence-corrected chi connectivity index (χ4v) is 4.15. The Hall–Kier alpha value is -2.13. The van der Waals surface area contributed by atoms with Crippen molar-refractivity contribution in [2.75, 3.05) is 26.7 Å². The summed E-state index contributed by atoms with van der Waals surface area (Å²) < 4.78 is 91.8. The largest absolute Gasteiger partial charge is 0.416 e. The van der Waals surface area contributed by atoms with Gasteiger partial charge >= 0.3 is 12.4 Å². The third kappa shape index (κ3) is 6.20. The Morgan fingerprint density at radius 3 is 2.06 bits per heavy atom. The molecular formula is C22H23F7N2. The molecule has 1 fully saturated rings. The molecule has 0 aliphatic carbocycles. The van der Waals surface area contributed by atoms with Crippen LogP contribution in [0.25, 0.3) is 0 Å². The number of piperidine rings is 1. The molecule has 1 heterocycles. The van der Waals surface area contributed by atoms with Crippen LogP contribution >= 0.6 is 0 Å². The minimum absolute atomic E-state index is 0.0493. The minimum atomic E-state index is -4.87. The van der Waals surface area contributed by atoms with Crippen molar-refractivity contribution in [2.45, 2.75) is 31.2 Å². The van der Waals surface area contributed by atoms with E-state index in [0.29, 0.717) is 13.1 Å². The first-order chi connectivity index (χ1) is 14.4. The summed E-state index contributed by atoms with van der Waals surface area (Å²) in [6.45, 7) is 1.85. The molecule has 2 atom stereocenters. The Kier molecular flexibility index (Phi) is 6.95. The van der Waals surface area contributed by atoms with Crippen molar-refractivity contribution < 1.29 is 30.7 Å². The summed E-state index contributed by atoms with van der Waals surface area (Å²) in [5.41, 5.74) is -1.70. The van der Waals surface area contributed by atoms with Gasteiger partial charge in [-0.1, -0.05) is 12.1 Å². The van der Waals surface area contributed by atoms with Crippen LogP contribution in [-0.2, 0) is 18.9 Å². The van der Waals surface area contributed by atoms with Crippen molar-refractivity contribution in [1.82, 2.24) is 10.2 Å². The average Bonchev–Trinajstić information content (AvgIpc) is 2.67. The van der Waals surface area contributed by atoms with Crippen LogP contribution in [0.1, 0.15) is 34.6 Å². The van der Waals surface area contributed by atoms with Gasteiger partial charge in [-0.15, -0.1) is 0 Å². The van der Waals surface area contributed by atoms with Crippen LogP contribution in [0.3, 0.4) is 0 Å². The molecule has 170 valence electrons. The fraction of sp³-hybridized carbons (Fsp3) is 0.455. The molecule has 0 bridgehead atoms. The summed E-state index contributed by atoms with van der Waals surface area (Å²) in [6, 6.07) is 7.89. The lowest BCUT2D eigenvalue weighted by molar-refractivity contribution is -0.143. The monoisotopic (exact) mass is 448 g/mol. The van der Waals surface area contributed by atoms with Crippen molar-refractivity contribution in [3.63, 3.8) is 0 Å². The van der Waals surface area contributed by atoms with Gasteiger partial charge in [-0.2, -0.15) is 26.3 Å². The van der Waals surface area contributed by atoms with Gasteiger partial charge < -0.3 is 10.2 Å². The van der Waals surface area contributed by atoms with Crippen molar-refractivity contribution in [2.24, 2.45) is 5.92 Å². The maximum atomic E-state index is 13.3. The van der Waals surface area contributed by atoms with Gasteiger partial charge in [-0.05, 0) is 79.9 Å². The van der Waals surface area contributed by atoms with E-state index in [9.17, 15) is 30.7 Å². The molecule has 2 aromatic rings. The van der Waals surface area contributed by atoms with E-state index < -0.39 is 23.5 Å². The van der Waals surface area contributed by atoms with Crippen molar-refractivity contribution in [1.29, 1.82) is 0 Å². The van der Waals surface area contributed by atoms with Crippen LogP contribution < -0.4 is 5.32 Å². The molecule has 1 N–H and O–H groups in total. The maximum Gasteiger partial charge on any atom is 0.416 e. The summed E-state index contributed by atoms with van der Waals surface area (Å²) in [6.07, 6.45) is -8.92. The van der Waals surface area contributed by atoms with Gasteiger partial charge in [-0.3, -0.25) is 0 Å². The first kappa shape index (κ1) is 23.5. The van der Waals surface area contributed by atoms with E-state index >= 15 is 0 Å². The van der Waals surface area contributed by atoms with Gasteiger partial charge in [0.15, 0.2) is 0 Å². The topological polar surface area (TPSA) is 15.3 Å². The Labute approximate surface area is 176 Å². The number of nitrogens with zero attached hydrogens (tertiary/aromatic N) is 1. The highest BCUT2D eigenvalue weighted by Crippen LogP contribution is 2.37. The molecule has 1 saturated heterocycles. The summed E-state index contributed by atoms with van der Waals surface area (Å²) in [5, 5.41) is 3.27. The van der Waals surface area contributed by atoms with Gasteiger partial charge in [-0.25, -0.2) is 4.39 Å². The quantitative estimate of drug-likeness (QED) is 0.592. The van der Waals surface area contributed by atoms with E-state index in [0.717, 1.165) is 30.7 Å². The number of alkyl halides is 6. The second-order valence-corrected chi connectivity index (χ2v) is 8.02. The van der Waals surface area contributed by atoms with Gasteiger partial charge in [0, 0.05) is 13.1 Å². The number of nitrogens with one attached hydrogen (secondary N) is 1. The Balaban J connectivity index is 1.77. The molecule has 1 aliphatic heterocycles. The molecule has 3 rings (SSSR count). The van der Waals surface area contributed by atoms with E-state index in [1.54, 1.807) is 24.1 Å². The zero-order valence-corrected chi connectivity index (χ0v) is 16.8. The zero-order chi connectivity index (χ0) is 22.8. The Morgan fingerprint density at radius 2 is 1.52 bits per heavy atom. The predicted molar refractivity (Wildman–Crippen MR) is 103 cm³/mol. The summed E-state index contributed by atoms with van der Waals surface area (Å²) in [7, 11) is 1.67. The molecule has 0 spiro atoms. The lowest BCUT2D eigenvalue weighted by atomic mass is 9.81. The Bertz CT molecular complexity index is 843. The van der Waals surface area contributed by atoms with Gasteiger partial charge in [0.25, 0.3) is 0 Å². The molecule has 2 unspecified atom stereocenters. The first-order valence-corrected chi connectivity index (χ1v) is 9.86. The second kappa shape index (κ2) is 9.16. The second-order valence-electron chi connectivity index (χ2n) is 8.02. The third-order valence-corrected chi connectivity index (χ3v) is 5.55. The van der Waals surface area contributed by atoms with Crippen molar-refractivity contribution in [3.05, 3.63) is 70.5 Å². The summed E-state index contributed by atoms with van der Waals surface area (Å²) in [5.74, 6) is -0.134. The van der Waals surface area contributed by atoms with Crippen LogP contribution in [0.15, 0.2) is 42.5 Å².